The van der Waals surface area contributed by atoms with Gasteiger partial charge >= 0.3 is 0 Å². The average molecular weight is 269 g/mol. The summed E-state index contributed by atoms with van der Waals surface area (Å²) in [5.41, 5.74) is 0.835. The van der Waals surface area contributed by atoms with Gasteiger partial charge in [-0.1, -0.05) is 26.5 Å². The van der Waals surface area contributed by atoms with Gasteiger partial charge in [-0.15, -0.1) is 11.8 Å². The van der Waals surface area contributed by atoms with Crippen molar-refractivity contribution in [3.05, 3.63) is 23.3 Å². The molecule has 1 aliphatic rings. The molecule has 1 unspecified atom stereocenters. The minimum Gasteiger partial charge on any atom is -0.388 e. The smallest absolute Gasteiger partial charge is 0.230 e. The predicted octanol–water partition coefficient (Wildman–Crippen LogP) is 2.77. The van der Waals surface area contributed by atoms with Gasteiger partial charge in [0.05, 0.1) is 17.6 Å². The van der Waals surface area contributed by atoms with Gasteiger partial charge in [0.1, 0.15) is 0 Å². The van der Waals surface area contributed by atoms with Gasteiger partial charge in [0.25, 0.3) is 0 Å². The molecule has 0 saturated carbocycles. The lowest BCUT2D eigenvalue weighted by atomic mass is 10.0. The van der Waals surface area contributed by atoms with Crippen LogP contribution < -0.4 is 0 Å². The first kappa shape index (κ1) is 15.3. The zero-order valence-electron chi connectivity index (χ0n) is 11.6. The van der Waals surface area contributed by atoms with Crippen LogP contribution in [0.4, 0.5) is 0 Å². The van der Waals surface area contributed by atoms with Crippen LogP contribution in [0.2, 0.25) is 0 Å². The minimum atomic E-state index is -0.686. The van der Waals surface area contributed by atoms with Crippen molar-refractivity contribution >= 4 is 17.7 Å². The van der Waals surface area contributed by atoms with Crippen molar-refractivity contribution in [1.29, 1.82) is 0 Å². The molecule has 1 N–H and O–H groups in total. The lowest BCUT2D eigenvalue weighted by Gasteiger charge is -2.28. The lowest BCUT2D eigenvalue weighted by molar-refractivity contribution is -0.132. The van der Waals surface area contributed by atoms with Gasteiger partial charge in [0, 0.05) is 11.8 Å². The molecule has 1 fully saturated rings. The summed E-state index contributed by atoms with van der Waals surface area (Å²) in [6.07, 6.45) is 1.29. The number of amides is 1. The van der Waals surface area contributed by atoms with Crippen LogP contribution in [0.1, 0.15) is 34.1 Å². The highest BCUT2D eigenvalue weighted by Crippen LogP contribution is 2.35. The zero-order chi connectivity index (χ0) is 13.9. The molecule has 1 aliphatic heterocycles. The maximum absolute atomic E-state index is 12.3. The Morgan fingerprint density at radius 3 is 2.78 bits per heavy atom. The minimum absolute atomic E-state index is 0.0302. The van der Waals surface area contributed by atoms with E-state index >= 15 is 0 Å². The number of allylic oxidation sites excluding steroid dienone is 1. The molecule has 3 nitrogen and oxygen atoms in total. The average Bonchev–Trinajstić information content (AvgIpc) is 2.69. The second-order valence-corrected chi connectivity index (χ2v) is 6.13. The largest absolute Gasteiger partial charge is 0.388 e. The van der Waals surface area contributed by atoms with Crippen LogP contribution in [0, 0.1) is 5.92 Å². The second-order valence-electron chi connectivity index (χ2n) is 5.03. The molecule has 0 aromatic rings. The van der Waals surface area contributed by atoms with Gasteiger partial charge in [-0.2, -0.15) is 0 Å². The number of carbonyl (C=O) groups is 1. The predicted molar refractivity (Wildman–Crippen MR) is 77.1 cm³/mol. The monoisotopic (exact) mass is 269 g/mol. The third-order valence-electron chi connectivity index (χ3n) is 3.41. The number of carbonyl (C=O) groups excluding carboxylic acids is 1. The molecule has 2 atom stereocenters. The first-order chi connectivity index (χ1) is 8.38. The van der Waals surface area contributed by atoms with Crippen molar-refractivity contribution in [1.82, 2.24) is 4.90 Å². The SMILES string of the molecule is C=C1SCC(C(C)C)N1C(=O)C[C@@H](O)/C(C)=C\C. The van der Waals surface area contributed by atoms with E-state index in [2.05, 4.69) is 20.4 Å². The van der Waals surface area contributed by atoms with Crippen LogP contribution >= 0.6 is 11.8 Å². The van der Waals surface area contributed by atoms with Gasteiger partial charge in [-0.05, 0) is 25.3 Å². The van der Waals surface area contributed by atoms with Gasteiger partial charge in [-0.25, -0.2) is 0 Å². The van der Waals surface area contributed by atoms with Crippen LogP contribution in [0.5, 0.6) is 0 Å². The highest BCUT2D eigenvalue weighted by atomic mass is 32.2. The number of aliphatic hydroxyl groups is 1. The standard InChI is InChI=1S/C14H23NO2S/c1-6-10(4)13(16)7-14(17)15-11(5)18-8-12(15)9(2)3/h6,9,12-13,16H,5,7-8H2,1-4H3/b10-6-/t12?,13-/m1/s1. The summed E-state index contributed by atoms with van der Waals surface area (Å²) in [4.78, 5) is 14.0. The number of aliphatic hydroxyl groups excluding tert-OH is 1. The number of hydrogen-bond donors (Lipinski definition) is 1. The molecular weight excluding hydrogens is 246 g/mol. The molecule has 0 spiro atoms. The quantitative estimate of drug-likeness (QED) is 0.798. The van der Waals surface area contributed by atoms with Gasteiger partial charge in [0.2, 0.25) is 5.91 Å². The highest BCUT2D eigenvalue weighted by Gasteiger charge is 2.35. The maximum atomic E-state index is 12.3. The normalized spacial score (nSPS) is 22.8. The fourth-order valence-electron chi connectivity index (χ4n) is 1.94. The first-order valence-electron chi connectivity index (χ1n) is 6.33. The van der Waals surface area contributed by atoms with Crippen molar-refractivity contribution in [2.24, 2.45) is 5.92 Å². The molecule has 0 aromatic carbocycles. The summed E-state index contributed by atoms with van der Waals surface area (Å²) in [5, 5.41) is 10.7. The van der Waals surface area contributed by atoms with E-state index in [1.807, 2.05) is 19.9 Å². The van der Waals surface area contributed by atoms with Crippen LogP contribution in [0.15, 0.2) is 23.3 Å². The number of rotatable bonds is 4. The zero-order valence-corrected chi connectivity index (χ0v) is 12.5. The third-order valence-corrected chi connectivity index (χ3v) is 4.45. The van der Waals surface area contributed by atoms with Crippen molar-refractivity contribution in [3.63, 3.8) is 0 Å². The van der Waals surface area contributed by atoms with Gasteiger partial charge in [0.15, 0.2) is 0 Å². The van der Waals surface area contributed by atoms with E-state index < -0.39 is 6.10 Å². The summed E-state index contributed by atoms with van der Waals surface area (Å²) >= 11 is 1.63. The Labute approximate surface area is 114 Å². The molecule has 1 saturated heterocycles. The summed E-state index contributed by atoms with van der Waals surface area (Å²) < 4.78 is 0. The molecule has 102 valence electrons. The summed E-state index contributed by atoms with van der Waals surface area (Å²) in [6, 6.07) is 0.202. The number of nitrogens with zero attached hydrogens (tertiary/aromatic N) is 1. The molecule has 4 heteroatoms. The molecule has 1 heterocycles. The Bertz CT molecular complexity index is 363. The number of thioether (sulfide) groups is 1. The molecule has 0 aromatic heterocycles. The Hall–Kier alpha value is -0.740. The van der Waals surface area contributed by atoms with Crippen molar-refractivity contribution in [2.75, 3.05) is 5.75 Å². The van der Waals surface area contributed by atoms with Crippen LogP contribution in [-0.4, -0.2) is 33.8 Å². The van der Waals surface area contributed by atoms with E-state index in [1.165, 1.54) is 0 Å². The van der Waals surface area contributed by atoms with Crippen molar-refractivity contribution < 1.29 is 9.90 Å². The van der Waals surface area contributed by atoms with Crippen molar-refractivity contribution in [3.8, 4) is 0 Å². The molecule has 18 heavy (non-hydrogen) atoms. The highest BCUT2D eigenvalue weighted by molar-refractivity contribution is 8.03. The topological polar surface area (TPSA) is 40.5 Å². The van der Waals surface area contributed by atoms with Gasteiger partial charge < -0.3 is 10.0 Å². The third kappa shape index (κ3) is 3.39. The summed E-state index contributed by atoms with van der Waals surface area (Å²) in [5.74, 6) is 1.28. The van der Waals surface area contributed by atoms with Crippen LogP contribution in [0.3, 0.4) is 0 Å². The molecule has 0 aliphatic carbocycles. The Morgan fingerprint density at radius 1 is 1.67 bits per heavy atom. The maximum Gasteiger partial charge on any atom is 0.230 e. The van der Waals surface area contributed by atoms with E-state index in [4.69, 9.17) is 0 Å². The Morgan fingerprint density at radius 2 is 2.28 bits per heavy atom. The molecular formula is C14H23NO2S. The van der Waals surface area contributed by atoms with E-state index in [9.17, 15) is 9.90 Å². The van der Waals surface area contributed by atoms with E-state index in [0.29, 0.717) is 5.92 Å². The van der Waals surface area contributed by atoms with Crippen LogP contribution in [0.25, 0.3) is 0 Å². The number of hydrogen-bond acceptors (Lipinski definition) is 3. The molecule has 1 rings (SSSR count). The fourth-order valence-corrected chi connectivity index (χ4v) is 3.22. The Balaban J connectivity index is 2.73. The first-order valence-corrected chi connectivity index (χ1v) is 7.31. The molecule has 1 amide bonds. The van der Waals surface area contributed by atoms with E-state index in [0.717, 1.165) is 16.4 Å². The van der Waals surface area contributed by atoms with Gasteiger partial charge in [-0.3, -0.25) is 4.79 Å². The van der Waals surface area contributed by atoms with Crippen LogP contribution in [-0.2, 0) is 4.79 Å². The van der Waals surface area contributed by atoms with E-state index in [-0.39, 0.29) is 18.4 Å². The second kappa shape index (κ2) is 6.43. The fraction of sp³-hybridized carbons (Fsp3) is 0.643. The van der Waals surface area contributed by atoms with E-state index in [1.54, 1.807) is 16.7 Å². The van der Waals surface area contributed by atoms with Crippen molar-refractivity contribution in [2.45, 2.75) is 46.3 Å². The lowest BCUT2D eigenvalue weighted by Crippen LogP contribution is -2.40. The molecule has 0 radical (unpaired) electrons. The summed E-state index contributed by atoms with van der Waals surface area (Å²) in [6.45, 7) is 11.9. The Kier molecular flexibility index (Phi) is 5.47. The molecule has 0 bridgehead atoms. The summed E-state index contributed by atoms with van der Waals surface area (Å²) in [7, 11) is 0.